The van der Waals surface area contributed by atoms with Crippen LogP contribution in [0.4, 0.5) is 0 Å². The van der Waals surface area contributed by atoms with Gasteiger partial charge >= 0.3 is 0 Å². The van der Waals surface area contributed by atoms with E-state index < -0.39 is 5.91 Å². The van der Waals surface area contributed by atoms with E-state index in [0.29, 0.717) is 0 Å². The van der Waals surface area contributed by atoms with Crippen molar-refractivity contribution in [2.45, 2.75) is 26.4 Å². The van der Waals surface area contributed by atoms with Crippen LogP contribution in [0.5, 0.6) is 0 Å². The van der Waals surface area contributed by atoms with Gasteiger partial charge in [-0.1, -0.05) is 17.3 Å². The highest BCUT2D eigenvalue weighted by molar-refractivity contribution is 5.90. The van der Waals surface area contributed by atoms with E-state index in [1.807, 2.05) is 42.2 Å². The Balaban J connectivity index is 1.66. The first-order valence-electron chi connectivity index (χ1n) is 7.99. The zero-order valence-corrected chi connectivity index (χ0v) is 14.5. The van der Waals surface area contributed by atoms with Crippen LogP contribution in [-0.4, -0.2) is 30.7 Å². The molecule has 2 heterocycles. The van der Waals surface area contributed by atoms with E-state index in [4.69, 9.17) is 5.73 Å². The standard InChI is InChI=1S/C17H21N7O/c1-11(19-8-14-9-20-23(3)12(14)2)13-4-6-15(7-5-13)24-10-16(17(18)25)21-22-24/h4-7,9-11,19H,8H2,1-3H3,(H2,18,25)/t11-/m0/s1. The van der Waals surface area contributed by atoms with Crippen LogP contribution < -0.4 is 11.1 Å². The van der Waals surface area contributed by atoms with Crippen molar-refractivity contribution >= 4 is 5.91 Å². The van der Waals surface area contributed by atoms with E-state index in [2.05, 4.69) is 34.6 Å². The molecule has 0 aliphatic heterocycles. The van der Waals surface area contributed by atoms with Gasteiger partial charge in [-0.25, -0.2) is 4.68 Å². The van der Waals surface area contributed by atoms with Crippen molar-refractivity contribution in [1.29, 1.82) is 0 Å². The van der Waals surface area contributed by atoms with Crippen molar-refractivity contribution in [3.63, 3.8) is 0 Å². The number of carbonyl (C=O) groups excluding carboxylic acids is 1. The maximum atomic E-state index is 11.1. The molecule has 1 atom stereocenters. The molecule has 8 heteroatoms. The van der Waals surface area contributed by atoms with Crippen LogP contribution in [0.3, 0.4) is 0 Å². The first-order chi connectivity index (χ1) is 12.0. The number of benzene rings is 1. The molecule has 0 radical (unpaired) electrons. The predicted octanol–water partition coefficient (Wildman–Crippen LogP) is 1.26. The van der Waals surface area contributed by atoms with Gasteiger partial charge in [0, 0.05) is 30.9 Å². The molecule has 0 aliphatic carbocycles. The topological polar surface area (TPSA) is 104 Å². The fourth-order valence-electron chi connectivity index (χ4n) is 2.52. The molecular formula is C17H21N7O. The molecule has 3 aromatic rings. The summed E-state index contributed by atoms with van der Waals surface area (Å²) in [6.45, 7) is 4.93. The maximum absolute atomic E-state index is 11.1. The summed E-state index contributed by atoms with van der Waals surface area (Å²) < 4.78 is 3.40. The number of aryl methyl sites for hydroxylation is 1. The Hall–Kier alpha value is -3.00. The summed E-state index contributed by atoms with van der Waals surface area (Å²) in [5, 5.41) is 15.4. The lowest BCUT2D eigenvalue weighted by Crippen LogP contribution is -2.18. The Labute approximate surface area is 145 Å². The smallest absolute Gasteiger partial charge is 0.270 e. The number of nitrogens with two attached hydrogens (primary N) is 1. The van der Waals surface area contributed by atoms with Crippen molar-refractivity contribution in [2.75, 3.05) is 0 Å². The number of carbonyl (C=O) groups is 1. The maximum Gasteiger partial charge on any atom is 0.270 e. The molecule has 3 rings (SSSR count). The molecule has 2 aromatic heterocycles. The number of hydrogen-bond donors (Lipinski definition) is 2. The zero-order chi connectivity index (χ0) is 18.0. The average molecular weight is 339 g/mol. The lowest BCUT2D eigenvalue weighted by atomic mass is 10.1. The number of hydrogen-bond acceptors (Lipinski definition) is 5. The minimum Gasteiger partial charge on any atom is -0.364 e. The lowest BCUT2D eigenvalue weighted by Gasteiger charge is -2.14. The van der Waals surface area contributed by atoms with Gasteiger partial charge in [0.1, 0.15) is 0 Å². The molecule has 8 nitrogen and oxygen atoms in total. The predicted molar refractivity (Wildman–Crippen MR) is 93.1 cm³/mol. The minimum atomic E-state index is -0.591. The molecule has 0 unspecified atom stereocenters. The SMILES string of the molecule is Cc1c(CN[C@@H](C)c2ccc(-n3cc(C(N)=O)nn3)cc2)cnn1C. The lowest BCUT2D eigenvalue weighted by molar-refractivity contribution is 0.0995. The van der Waals surface area contributed by atoms with E-state index in [1.165, 1.54) is 16.4 Å². The van der Waals surface area contributed by atoms with Gasteiger partial charge in [-0.05, 0) is 31.5 Å². The first-order valence-corrected chi connectivity index (χ1v) is 7.99. The molecule has 25 heavy (non-hydrogen) atoms. The summed E-state index contributed by atoms with van der Waals surface area (Å²) in [6, 6.07) is 8.10. The van der Waals surface area contributed by atoms with Crippen molar-refractivity contribution in [2.24, 2.45) is 12.8 Å². The van der Waals surface area contributed by atoms with Crippen LogP contribution in [0.25, 0.3) is 5.69 Å². The second-order valence-electron chi connectivity index (χ2n) is 5.99. The van der Waals surface area contributed by atoms with Crippen LogP contribution in [0, 0.1) is 6.92 Å². The van der Waals surface area contributed by atoms with Crippen LogP contribution in [-0.2, 0) is 13.6 Å². The van der Waals surface area contributed by atoms with E-state index in [1.54, 1.807) is 0 Å². The number of amides is 1. The molecule has 0 saturated carbocycles. The van der Waals surface area contributed by atoms with Gasteiger partial charge in [-0.15, -0.1) is 5.10 Å². The van der Waals surface area contributed by atoms with Crippen LogP contribution in [0.2, 0.25) is 0 Å². The second kappa shape index (κ2) is 6.86. The van der Waals surface area contributed by atoms with Gasteiger partial charge in [-0.2, -0.15) is 5.10 Å². The molecular weight excluding hydrogens is 318 g/mol. The molecule has 0 bridgehead atoms. The van der Waals surface area contributed by atoms with Crippen molar-refractivity contribution in [1.82, 2.24) is 30.1 Å². The second-order valence-corrected chi connectivity index (χ2v) is 5.99. The van der Waals surface area contributed by atoms with Gasteiger partial charge in [0.15, 0.2) is 5.69 Å². The molecule has 1 amide bonds. The van der Waals surface area contributed by atoms with Gasteiger partial charge in [0.05, 0.1) is 18.1 Å². The summed E-state index contributed by atoms with van der Waals surface area (Å²) in [6.07, 6.45) is 3.41. The largest absolute Gasteiger partial charge is 0.364 e. The highest BCUT2D eigenvalue weighted by Gasteiger charge is 2.10. The number of nitrogens with zero attached hydrogens (tertiary/aromatic N) is 5. The van der Waals surface area contributed by atoms with Crippen LogP contribution in [0.15, 0.2) is 36.7 Å². The zero-order valence-electron chi connectivity index (χ0n) is 14.5. The molecule has 130 valence electrons. The third-order valence-electron chi connectivity index (χ3n) is 4.34. The monoisotopic (exact) mass is 339 g/mol. The van der Waals surface area contributed by atoms with E-state index in [-0.39, 0.29) is 11.7 Å². The summed E-state index contributed by atoms with van der Waals surface area (Å²) in [4.78, 5) is 11.1. The number of primary amides is 1. The minimum absolute atomic E-state index is 0.144. The first kappa shape index (κ1) is 16.8. The Morgan fingerprint density at radius 2 is 2.04 bits per heavy atom. The van der Waals surface area contributed by atoms with E-state index in [0.717, 1.165) is 23.5 Å². The summed E-state index contributed by atoms with van der Waals surface area (Å²) in [5.74, 6) is -0.591. The Morgan fingerprint density at radius 3 is 2.60 bits per heavy atom. The van der Waals surface area contributed by atoms with Crippen molar-refractivity contribution in [3.05, 3.63) is 59.2 Å². The molecule has 0 saturated heterocycles. The van der Waals surface area contributed by atoms with Gasteiger partial charge in [0.25, 0.3) is 5.91 Å². The third kappa shape index (κ3) is 3.58. The number of rotatable bonds is 6. The summed E-state index contributed by atoms with van der Waals surface area (Å²) >= 11 is 0. The molecule has 0 aliphatic rings. The van der Waals surface area contributed by atoms with E-state index >= 15 is 0 Å². The summed E-state index contributed by atoms with van der Waals surface area (Å²) in [7, 11) is 1.94. The normalized spacial score (nSPS) is 12.3. The quantitative estimate of drug-likeness (QED) is 0.703. The Kier molecular flexibility index (Phi) is 4.62. The van der Waals surface area contributed by atoms with Crippen LogP contribution in [0.1, 0.15) is 40.3 Å². The highest BCUT2D eigenvalue weighted by Crippen LogP contribution is 2.16. The average Bonchev–Trinajstić information content (AvgIpc) is 3.22. The number of aromatic nitrogens is 5. The molecule has 0 spiro atoms. The number of nitrogens with one attached hydrogen (secondary N) is 1. The van der Waals surface area contributed by atoms with Gasteiger partial charge in [0.2, 0.25) is 0 Å². The van der Waals surface area contributed by atoms with Crippen molar-refractivity contribution < 1.29 is 4.79 Å². The van der Waals surface area contributed by atoms with Crippen molar-refractivity contribution in [3.8, 4) is 5.69 Å². The van der Waals surface area contributed by atoms with Gasteiger partial charge in [-0.3, -0.25) is 9.48 Å². The van der Waals surface area contributed by atoms with Gasteiger partial charge < -0.3 is 11.1 Å². The molecule has 0 fully saturated rings. The molecule has 3 N–H and O–H groups in total. The summed E-state index contributed by atoms with van der Waals surface area (Å²) in [5.41, 5.74) is 9.66. The highest BCUT2D eigenvalue weighted by atomic mass is 16.1. The van der Waals surface area contributed by atoms with Crippen LogP contribution >= 0.6 is 0 Å². The van der Waals surface area contributed by atoms with E-state index in [9.17, 15) is 4.79 Å². The fourth-order valence-corrected chi connectivity index (χ4v) is 2.52. The fraction of sp³-hybridized carbons (Fsp3) is 0.294. The Morgan fingerprint density at radius 1 is 1.32 bits per heavy atom. The third-order valence-corrected chi connectivity index (χ3v) is 4.34. The Bertz CT molecular complexity index is 879. The molecule has 1 aromatic carbocycles.